The molecule has 0 fully saturated rings. The Morgan fingerprint density at radius 1 is 1.10 bits per heavy atom. The number of carbonyl (C=O) groups is 1. The van der Waals surface area contributed by atoms with Crippen LogP contribution in [0.1, 0.15) is 41.5 Å². The lowest BCUT2D eigenvalue weighted by Crippen LogP contribution is -2.32. The molecule has 1 heterocycles. The predicted molar refractivity (Wildman–Crippen MR) is 103 cm³/mol. The van der Waals surface area contributed by atoms with Crippen molar-refractivity contribution < 1.29 is 22.4 Å². The van der Waals surface area contributed by atoms with Gasteiger partial charge in [0.1, 0.15) is 5.82 Å². The van der Waals surface area contributed by atoms with Crippen molar-refractivity contribution in [2.45, 2.75) is 25.9 Å². The molecule has 0 aliphatic rings. The monoisotopic (exact) mass is 420 g/mol. The molecule has 0 spiro atoms. The molecule has 1 N–H and O–H groups in total. The summed E-state index contributed by atoms with van der Waals surface area (Å²) in [6, 6.07) is 13.9. The highest BCUT2D eigenvalue weighted by Crippen LogP contribution is 2.33. The molecule has 3 rings (SSSR count). The minimum absolute atomic E-state index is 0.0947. The molecule has 9 heteroatoms. The van der Waals surface area contributed by atoms with Gasteiger partial charge in [0.2, 0.25) is 0 Å². The van der Waals surface area contributed by atoms with Crippen LogP contribution in [0.3, 0.4) is 0 Å². The molecule has 158 valence electrons. The first-order valence-electron chi connectivity index (χ1n) is 9.30. The van der Waals surface area contributed by atoms with Gasteiger partial charge in [-0.1, -0.05) is 55.5 Å². The molecule has 3 aromatic rings. The summed E-state index contributed by atoms with van der Waals surface area (Å²) in [6.07, 6.45) is -4.92. The van der Waals surface area contributed by atoms with Crippen LogP contribution in [0, 0.1) is 11.7 Å². The van der Waals surface area contributed by atoms with E-state index in [-0.39, 0.29) is 24.1 Å². The van der Waals surface area contributed by atoms with Crippen molar-refractivity contribution >= 4 is 5.91 Å². The van der Waals surface area contributed by atoms with Crippen LogP contribution in [0.5, 0.6) is 0 Å². The number of rotatable bonds is 6. The average Bonchev–Trinajstić information content (AvgIpc) is 3.14. The van der Waals surface area contributed by atoms with Crippen LogP contribution in [-0.4, -0.2) is 27.4 Å². The summed E-state index contributed by atoms with van der Waals surface area (Å²) in [4.78, 5) is 12.6. The molecule has 1 unspecified atom stereocenters. The van der Waals surface area contributed by atoms with Gasteiger partial charge in [0.25, 0.3) is 5.91 Å². The Hall–Kier alpha value is -3.23. The number of nitrogens with one attached hydrogen (secondary N) is 1. The van der Waals surface area contributed by atoms with E-state index >= 15 is 0 Å². The minimum Gasteiger partial charge on any atom is -0.350 e. The summed E-state index contributed by atoms with van der Waals surface area (Å²) in [6.45, 7) is 4.06. The van der Waals surface area contributed by atoms with Gasteiger partial charge in [-0.15, -0.1) is 5.10 Å². The summed E-state index contributed by atoms with van der Waals surface area (Å²) in [5, 5.41) is 9.44. The second kappa shape index (κ2) is 8.64. The molecule has 1 amide bonds. The topological polar surface area (TPSA) is 59.8 Å². The molecule has 0 aliphatic carbocycles. The fourth-order valence-electron chi connectivity index (χ4n) is 3.20. The molecule has 0 radical (unpaired) electrons. The number of benzene rings is 2. The van der Waals surface area contributed by atoms with Crippen molar-refractivity contribution in [2.24, 2.45) is 5.92 Å². The molecular formula is C21H20F4N4O. The first-order valence-corrected chi connectivity index (χ1v) is 9.30. The van der Waals surface area contributed by atoms with Gasteiger partial charge in [0.05, 0.1) is 5.69 Å². The predicted octanol–water partition coefficient (Wildman–Crippen LogP) is 4.59. The molecule has 0 saturated heterocycles. The Morgan fingerprint density at radius 3 is 2.40 bits per heavy atom. The molecular weight excluding hydrogens is 400 g/mol. The molecule has 0 bridgehead atoms. The Kier molecular flexibility index (Phi) is 6.19. The van der Waals surface area contributed by atoms with Crippen LogP contribution in [0.15, 0.2) is 54.6 Å². The van der Waals surface area contributed by atoms with Crippen LogP contribution in [-0.2, 0) is 6.18 Å². The average molecular weight is 420 g/mol. The van der Waals surface area contributed by atoms with Crippen LogP contribution in [0.25, 0.3) is 5.69 Å². The van der Waals surface area contributed by atoms with Gasteiger partial charge < -0.3 is 5.32 Å². The van der Waals surface area contributed by atoms with Crippen molar-refractivity contribution in [1.82, 2.24) is 20.3 Å². The zero-order chi connectivity index (χ0) is 21.9. The second-order valence-electron chi connectivity index (χ2n) is 7.15. The van der Waals surface area contributed by atoms with E-state index in [2.05, 4.69) is 15.6 Å². The fourth-order valence-corrected chi connectivity index (χ4v) is 3.20. The van der Waals surface area contributed by atoms with Crippen LogP contribution >= 0.6 is 0 Å². The van der Waals surface area contributed by atoms with Crippen LogP contribution < -0.4 is 5.32 Å². The zero-order valence-corrected chi connectivity index (χ0v) is 16.3. The number of nitrogens with zero attached hydrogens (tertiary/aromatic N) is 3. The number of hydrogen-bond donors (Lipinski definition) is 1. The van der Waals surface area contributed by atoms with Crippen LogP contribution in [0.4, 0.5) is 17.6 Å². The maximum Gasteiger partial charge on any atom is 0.435 e. The summed E-state index contributed by atoms with van der Waals surface area (Å²) in [5.41, 5.74) is -1.43. The van der Waals surface area contributed by atoms with E-state index in [1.807, 2.05) is 44.2 Å². The smallest absolute Gasteiger partial charge is 0.350 e. The van der Waals surface area contributed by atoms with Gasteiger partial charge in [0, 0.05) is 12.5 Å². The van der Waals surface area contributed by atoms with E-state index in [9.17, 15) is 22.4 Å². The van der Waals surface area contributed by atoms with E-state index < -0.39 is 29.3 Å². The highest BCUT2D eigenvalue weighted by atomic mass is 19.4. The number of hydrogen-bond acceptors (Lipinski definition) is 3. The first-order chi connectivity index (χ1) is 14.2. The molecule has 0 aliphatic heterocycles. The lowest BCUT2D eigenvalue weighted by molar-refractivity contribution is -0.143. The Morgan fingerprint density at radius 2 is 1.80 bits per heavy atom. The number of aromatic nitrogens is 3. The van der Waals surface area contributed by atoms with Crippen molar-refractivity contribution in [1.29, 1.82) is 0 Å². The summed E-state index contributed by atoms with van der Waals surface area (Å²) in [5.74, 6) is -1.68. The largest absolute Gasteiger partial charge is 0.435 e. The summed E-state index contributed by atoms with van der Waals surface area (Å²) in [7, 11) is 0. The first kappa shape index (κ1) is 21.5. The number of alkyl halides is 3. The highest BCUT2D eigenvalue weighted by molar-refractivity contribution is 5.93. The minimum atomic E-state index is -4.92. The van der Waals surface area contributed by atoms with Crippen molar-refractivity contribution in [3.8, 4) is 5.69 Å². The molecule has 30 heavy (non-hydrogen) atoms. The van der Waals surface area contributed by atoms with Crippen LogP contribution in [0.2, 0.25) is 0 Å². The zero-order valence-electron chi connectivity index (χ0n) is 16.3. The second-order valence-corrected chi connectivity index (χ2v) is 7.15. The van der Waals surface area contributed by atoms with Gasteiger partial charge in [0.15, 0.2) is 11.4 Å². The summed E-state index contributed by atoms with van der Waals surface area (Å²) >= 11 is 0. The quantitative estimate of drug-likeness (QED) is 0.593. The third-order valence-corrected chi connectivity index (χ3v) is 4.72. The van der Waals surface area contributed by atoms with Crippen molar-refractivity contribution in [2.75, 3.05) is 6.54 Å². The lowest BCUT2D eigenvalue weighted by atomic mass is 9.88. The maximum absolute atomic E-state index is 13.7. The number of amides is 1. The summed E-state index contributed by atoms with van der Waals surface area (Å²) < 4.78 is 55.0. The third-order valence-electron chi connectivity index (χ3n) is 4.72. The normalized spacial score (nSPS) is 12.8. The fraction of sp³-hybridized carbons (Fsp3) is 0.286. The Balaban J connectivity index is 1.89. The number of halogens is 4. The Bertz CT molecular complexity index is 1020. The van der Waals surface area contributed by atoms with E-state index in [0.29, 0.717) is 4.68 Å². The molecule has 1 aromatic heterocycles. The van der Waals surface area contributed by atoms with E-state index in [0.717, 1.165) is 17.7 Å². The lowest BCUT2D eigenvalue weighted by Gasteiger charge is -2.21. The molecule has 2 aromatic carbocycles. The third kappa shape index (κ3) is 4.67. The van der Waals surface area contributed by atoms with Gasteiger partial charge in [-0.25, -0.2) is 9.07 Å². The molecule has 0 saturated carbocycles. The van der Waals surface area contributed by atoms with Gasteiger partial charge in [-0.3, -0.25) is 4.79 Å². The van der Waals surface area contributed by atoms with Crippen molar-refractivity contribution in [3.05, 3.63) is 77.4 Å². The Labute approximate surface area is 170 Å². The maximum atomic E-state index is 13.7. The van der Waals surface area contributed by atoms with E-state index in [4.69, 9.17) is 0 Å². The van der Waals surface area contributed by atoms with Gasteiger partial charge in [-0.05, 0) is 29.7 Å². The van der Waals surface area contributed by atoms with Gasteiger partial charge in [-0.2, -0.15) is 13.2 Å². The standard InChI is InChI=1S/C21H20F4N4O/c1-13(2)17(14-7-4-3-5-8-14)12-26-20(30)18-19(21(23,24)25)29(28-27-18)16-10-6-9-15(22)11-16/h3-11,13,17H,12H2,1-2H3,(H,26,30). The van der Waals surface area contributed by atoms with E-state index in [1.165, 1.54) is 12.1 Å². The van der Waals surface area contributed by atoms with Crippen molar-refractivity contribution in [3.63, 3.8) is 0 Å². The molecule has 5 nitrogen and oxygen atoms in total. The number of carbonyl (C=O) groups excluding carboxylic acids is 1. The van der Waals surface area contributed by atoms with Gasteiger partial charge >= 0.3 is 6.18 Å². The van der Waals surface area contributed by atoms with E-state index in [1.54, 1.807) is 0 Å². The molecule has 1 atom stereocenters. The SMILES string of the molecule is CC(C)C(CNC(=O)c1nnn(-c2cccc(F)c2)c1C(F)(F)F)c1ccccc1. The highest BCUT2D eigenvalue weighted by Gasteiger charge is 2.42.